The van der Waals surface area contributed by atoms with Crippen molar-refractivity contribution in [1.29, 1.82) is 0 Å². The number of para-hydroxylation sites is 2. The summed E-state index contributed by atoms with van der Waals surface area (Å²) in [5, 5.41) is 11.2. The Morgan fingerprint density at radius 3 is 1.20 bits per heavy atom. The van der Waals surface area contributed by atoms with Crippen molar-refractivity contribution in [3.05, 3.63) is 136 Å². The number of benzene rings is 3. The van der Waals surface area contributed by atoms with Crippen molar-refractivity contribution in [2.24, 2.45) is 17.2 Å². The molecule has 20 nitrogen and oxygen atoms in total. The molecule has 0 radical (unpaired) electrons. The fraction of sp³-hybridized carbons (Fsp3) is 0.484. The first-order chi connectivity index (χ1) is 41.9. The minimum Gasteiger partial charge on any atom is -0.504 e. The Morgan fingerprint density at radius 2 is 0.900 bits per heavy atom. The standard InChI is InChI=1S/C13H18N2O3S.C11H12ClNO3S.3C10H15NOS.C8H11ClN2O3S/c1-13(2,3)12-14-9-7-6-8-10(11(9)18-12)19(16,17)15(4)5;1-11(2,3)10-13-7-5-4-6-8(9(7)16-10)17(12,14)15;3*1-7-4-5-8(12-7)10(11)9-3-2-6-13-9;1-11(2)15(13,14)8-5(9)3-4-6(10)7(8)12/h6-8H,1-5H3;4-6H,1-3H3;3*4-5,9-10H,2-3,6,11H2,1H3;3-4,12H,10H2,1-2H3/t;;2*9-,10?;;/m..10../s1. The molecule has 11 rings (SSSR count). The van der Waals surface area contributed by atoms with E-state index in [4.69, 9.17) is 67.3 Å². The maximum absolute atomic E-state index is 12.2. The van der Waals surface area contributed by atoms with Crippen LogP contribution in [0, 0.1) is 20.8 Å². The number of fused-ring (bicyclic) bond motifs is 2. The molecule has 0 bridgehead atoms. The van der Waals surface area contributed by atoms with E-state index in [1.54, 1.807) is 24.3 Å². The van der Waals surface area contributed by atoms with Crippen LogP contribution in [0.5, 0.6) is 5.75 Å². The summed E-state index contributed by atoms with van der Waals surface area (Å²) in [5.41, 5.74) is 24.7. The van der Waals surface area contributed by atoms with Gasteiger partial charge >= 0.3 is 0 Å². The number of nitrogens with zero attached hydrogens (tertiary/aromatic N) is 4. The number of nitrogens with two attached hydrogens (primary N) is 4. The zero-order valence-electron chi connectivity index (χ0n) is 53.2. The number of hydrogen-bond acceptors (Lipinski definition) is 21. The molecule has 3 saturated heterocycles. The smallest absolute Gasteiger partial charge is 0.265 e. The second-order valence-electron chi connectivity index (χ2n) is 24.2. The lowest BCUT2D eigenvalue weighted by atomic mass is 9.97. The number of sulfonamides is 2. The second kappa shape index (κ2) is 31.5. The lowest BCUT2D eigenvalue weighted by Gasteiger charge is -2.15. The highest BCUT2D eigenvalue weighted by atomic mass is 35.7. The molecule has 3 aliphatic heterocycles. The van der Waals surface area contributed by atoms with Crippen LogP contribution in [0.15, 0.2) is 122 Å². The van der Waals surface area contributed by atoms with Gasteiger partial charge in [-0.05, 0) is 149 Å². The van der Waals surface area contributed by atoms with Crippen LogP contribution in [-0.4, -0.2) is 110 Å². The Labute approximate surface area is 552 Å². The molecule has 3 aromatic carbocycles. The van der Waals surface area contributed by atoms with Crippen molar-refractivity contribution >= 4 is 115 Å². The van der Waals surface area contributed by atoms with Gasteiger partial charge in [0, 0.05) is 65.5 Å². The minimum absolute atomic E-state index is 0.0279. The first-order valence-corrected chi connectivity index (χ1v) is 37.8. The zero-order chi connectivity index (χ0) is 66.8. The number of aryl methyl sites for hydroxylation is 3. The molecule has 6 atom stereocenters. The van der Waals surface area contributed by atoms with E-state index in [9.17, 15) is 30.4 Å². The Kier molecular flexibility index (Phi) is 26.0. The van der Waals surface area contributed by atoms with Crippen molar-refractivity contribution in [3.8, 4) is 5.75 Å². The van der Waals surface area contributed by atoms with Crippen LogP contribution in [0.4, 0.5) is 5.69 Å². The molecule has 8 heterocycles. The highest BCUT2D eigenvalue weighted by Gasteiger charge is 2.31. The zero-order valence-corrected chi connectivity index (χ0v) is 59.6. The number of phenolic OH excluding ortho intramolecular Hbond substituents is 1. The SMILES string of the molecule is CC(C)(C)c1nc2cccc(S(=O)(=O)Cl)c2o1.CN(C)S(=O)(=O)c1c(Cl)ccc(N)c1O.CN(C)S(=O)(=O)c1cccc2nc(C(C)(C)C)oc12.Cc1ccc(C(N)C2CCCS2)o1.Cc1ccc(C(N)[C@@H]2CCCS2)o1.Cc1ccc(C(N)[C@H]2CCCS2)o1. The summed E-state index contributed by atoms with van der Waals surface area (Å²) < 4.78 is 101. The van der Waals surface area contributed by atoms with Crippen LogP contribution in [0.25, 0.3) is 22.2 Å². The first kappa shape index (κ1) is 74.4. The molecule has 5 aromatic heterocycles. The van der Waals surface area contributed by atoms with Gasteiger partial charge in [0.25, 0.3) is 9.05 Å². The van der Waals surface area contributed by atoms with Crippen molar-refractivity contribution in [2.75, 3.05) is 51.2 Å². The first-order valence-electron chi connectivity index (χ1n) is 29.1. The van der Waals surface area contributed by atoms with Gasteiger partial charge in [0.2, 0.25) is 31.8 Å². The molecule has 0 amide bonds. The molecule has 0 spiro atoms. The molecule has 3 aliphatic rings. The summed E-state index contributed by atoms with van der Waals surface area (Å²) in [6, 6.07) is 24.5. The van der Waals surface area contributed by atoms with Crippen molar-refractivity contribution in [1.82, 2.24) is 18.6 Å². The number of oxazole rings is 2. The normalized spacial score (nSPS) is 18.1. The lowest BCUT2D eigenvalue weighted by molar-refractivity contribution is 0.408. The Hall–Kier alpha value is -4.68. The van der Waals surface area contributed by atoms with Gasteiger partial charge in [0.1, 0.15) is 60.3 Å². The molecule has 4 unspecified atom stereocenters. The van der Waals surface area contributed by atoms with Crippen molar-refractivity contribution < 1.29 is 52.4 Å². The molecule has 90 heavy (non-hydrogen) atoms. The van der Waals surface area contributed by atoms with E-state index in [1.807, 2.05) is 134 Å². The quantitative estimate of drug-likeness (QED) is 0.0456. The topological polar surface area (TPSA) is 325 Å². The third-order valence-corrected chi connectivity index (χ3v) is 24.2. The summed E-state index contributed by atoms with van der Waals surface area (Å²) in [6.45, 7) is 17.6. The predicted octanol–water partition coefficient (Wildman–Crippen LogP) is 13.8. The van der Waals surface area contributed by atoms with E-state index in [1.165, 1.54) is 113 Å². The fourth-order valence-electron chi connectivity index (χ4n) is 9.18. The average Bonchev–Trinajstić information content (AvgIpc) is 1.41. The molecule has 8 aromatic rings. The molecular weight excluding hydrogens is 1310 g/mol. The molecule has 0 aliphatic carbocycles. The molecule has 3 fully saturated rings. The monoisotopic (exact) mass is 1400 g/mol. The van der Waals surface area contributed by atoms with Crippen LogP contribution in [0.2, 0.25) is 5.02 Å². The highest BCUT2D eigenvalue weighted by Crippen LogP contribution is 2.39. The van der Waals surface area contributed by atoms with Crippen LogP contribution in [0.1, 0.15) is 145 Å². The van der Waals surface area contributed by atoms with E-state index >= 15 is 0 Å². The molecular formula is C62H86Cl2N8O12S6. The van der Waals surface area contributed by atoms with E-state index in [-0.39, 0.29) is 59.9 Å². The van der Waals surface area contributed by atoms with Gasteiger partial charge in [-0.1, -0.05) is 65.3 Å². The van der Waals surface area contributed by atoms with Crippen LogP contribution in [0.3, 0.4) is 0 Å². The average molecular weight is 1400 g/mol. The molecule has 496 valence electrons. The summed E-state index contributed by atoms with van der Waals surface area (Å²) in [4.78, 5) is 8.38. The van der Waals surface area contributed by atoms with E-state index < -0.39 is 34.8 Å². The third kappa shape index (κ3) is 19.5. The number of aromatic nitrogens is 2. The maximum atomic E-state index is 12.2. The van der Waals surface area contributed by atoms with E-state index in [2.05, 4.69) is 9.97 Å². The summed E-state index contributed by atoms with van der Waals surface area (Å²) >= 11 is 11.6. The van der Waals surface area contributed by atoms with Gasteiger partial charge in [-0.25, -0.2) is 43.8 Å². The largest absolute Gasteiger partial charge is 0.504 e. The number of hydrogen-bond donors (Lipinski definition) is 5. The summed E-state index contributed by atoms with van der Waals surface area (Å²) in [6.07, 6.45) is 7.57. The van der Waals surface area contributed by atoms with Crippen LogP contribution >= 0.6 is 57.6 Å². The van der Waals surface area contributed by atoms with Gasteiger partial charge in [-0.3, -0.25) is 0 Å². The number of nitrogen functional groups attached to an aromatic ring is 1. The second-order valence-corrected chi connectivity index (χ2v) is 35.3. The van der Waals surface area contributed by atoms with Gasteiger partial charge in [0.05, 0.1) is 28.8 Å². The maximum Gasteiger partial charge on any atom is 0.265 e. The Balaban J connectivity index is 0.000000173. The molecule has 28 heteroatoms. The number of aromatic hydroxyl groups is 1. The van der Waals surface area contributed by atoms with Gasteiger partial charge in [0.15, 0.2) is 16.9 Å². The predicted molar refractivity (Wildman–Crippen MR) is 365 cm³/mol. The third-order valence-electron chi connectivity index (χ3n) is 14.3. The van der Waals surface area contributed by atoms with Gasteiger partial charge < -0.3 is 50.1 Å². The lowest BCUT2D eigenvalue weighted by Crippen LogP contribution is -2.22. The number of halogens is 2. The number of anilines is 1. The van der Waals surface area contributed by atoms with E-state index in [0.29, 0.717) is 44.1 Å². The fourth-order valence-corrected chi connectivity index (χ4v) is 16.6. The summed E-state index contributed by atoms with van der Waals surface area (Å²) in [5.74, 6) is 9.93. The van der Waals surface area contributed by atoms with Crippen LogP contribution in [-0.2, 0) is 39.9 Å². The highest BCUT2D eigenvalue weighted by molar-refractivity contribution is 8.14. The molecule has 0 saturated carbocycles. The summed E-state index contributed by atoms with van der Waals surface area (Å²) in [7, 11) is -0.129. The minimum atomic E-state index is -3.82. The van der Waals surface area contributed by atoms with Crippen molar-refractivity contribution in [3.63, 3.8) is 0 Å². The Bertz CT molecular complexity index is 3840. The number of furan rings is 3. The number of phenols is 1. The number of rotatable bonds is 11. The van der Waals surface area contributed by atoms with Gasteiger partial charge in [-0.15, -0.1) is 0 Å². The van der Waals surface area contributed by atoms with Crippen LogP contribution < -0.4 is 22.9 Å². The van der Waals surface area contributed by atoms with E-state index in [0.717, 1.165) is 38.9 Å². The molecule has 9 N–H and O–H groups in total. The Morgan fingerprint density at radius 1 is 0.544 bits per heavy atom. The number of thioether (sulfide) groups is 3. The van der Waals surface area contributed by atoms with Crippen molar-refractivity contribution in [2.45, 2.75) is 160 Å². The van der Waals surface area contributed by atoms with Gasteiger partial charge in [-0.2, -0.15) is 35.3 Å².